The molecule has 0 N–H and O–H groups in total. The van der Waals surface area contributed by atoms with Crippen molar-refractivity contribution in [3.8, 4) is 22.3 Å². The number of rotatable bonds is 8. The molecule has 12 aromatic carbocycles. The van der Waals surface area contributed by atoms with Crippen LogP contribution < -0.4 is 42.6 Å². The second kappa shape index (κ2) is 19.1. The van der Waals surface area contributed by atoms with Crippen LogP contribution in [0, 0.1) is 41.5 Å². The largest absolute Gasteiger partial charge is 0.311 e. The molecule has 0 spiro atoms. The third-order valence-corrected chi connectivity index (χ3v) is 18.0. The number of aryl methyl sites for hydroxylation is 6. The molecule has 0 amide bonds. The smallest absolute Gasteiger partial charge is 0.247 e. The molecule has 2 aliphatic heterocycles. The van der Waals surface area contributed by atoms with Gasteiger partial charge in [0.1, 0.15) is 0 Å². The Hall–Kier alpha value is -8.59. The van der Waals surface area contributed by atoms with E-state index >= 15 is 0 Å². The van der Waals surface area contributed by atoms with E-state index in [2.05, 4.69) is 285 Å². The van der Waals surface area contributed by atoms with Gasteiger partial charge in [-0.05, 0) is 167 Å². The van der Waals surface area contributed by atoms with Crippen LogP contribution in [0.4, 0.5) is 34.1 Å². The van der Waals surface area contributed by atoms with Gasteiger partial charge >= 0.3 is 0 Å². The molecule has 0 unspecified atom stereocenters. The summed E-state index contributed by atoms with van der Waals surface area (Å²) < 4.78 is 0. The number of nitrogens with zero attached hydrogens (tertiary/aromatic N) is 2. The maximum absolute atomic E-state index is 2.65. The normalized spacial score (nSPS) is 13.0. The molecule has 0 atom stereocenters. The molecule has 14 rings (SSSR count). The second-order valence-corrected chi connectivity index (χ2v) is 23.8. The topological polar surface area (TPSA) is 6.48 Å². The zero-order chi connectivity index (χ0) is 54.8. The van der Waals surface area contributed by atoms with Crippen molar-refractivity contribution < 1.29 is 0 Å². The van der Waals surface area contributed by atoms with Crippen LogP contribution in [0.3, 0.4) is 0 Å². The molecule has 0 aromatic heterocycles. The Bertz CT molecular complexity index is 4130. The average Bonchev–Trinajstić information content (AvgIpc) is 3.59. The second-order valence-electron chi connectivity index (χ2n) is 23.8. The van der Waals surface area contributed by atoms with Crippen molar-refractivity contribution >= 4 is 113 Å². The highest BCUT2D eigenvalue weighted by Gasteiger charge is 2.44. The number of fused-ring (bicyclic) bond motifs is 6. The lowest BCUT2D eigenvalue weighted by Gasteiger charge is -2.42. The van der Waals surface area contributed by atoms with E-state index in [0.29, 0.717) is 0 Å². The highest BCUT2D eigenvalue weighted by Crippen LogP contribution is 2.52. The standard InChI is InChI=1S/C76H66B2N2/c1-45(2)67-59-35-37-62-70-60(68(46(3)4)74-76(62)80(58-30-22-28-56(44-58)54-25-15-12-16-26-54)66-34-20-18-32-64(66)78(74)72-51(9)41-48(6)42-52(72)10)36-38-61(69(59)70)75-73(67)77(71-49(7)39-47(5)40-50(71)8)63-31-17-19-33-65(63)79(75)57-29-21-27-55(43-57)53-23-13-11-14-24-53/h11-46H,1-10H3. The van der Waals surface area contributed by atoms with Crippen LogP contribution in [0.1, 0.15) is 84.0 Å². The first-order valence-electron chi connectivity index (χ1n) is 29.0. The van der Waals surface area contributed by atoms with Gasteiger partial charge in [-0.3, -0.25) is 0 Å². The zero-order valence-corrected chi connectivity index (χ0v) is 47.8. The Morgan fingerprint density at radius 2 is 0.650 bits per heavy atom. The fourth-order valence-electron chi connectivity index (χ4n) is 15.2. The van der Waals surface area contributed by atoms with Gasteiger partial charge in [-0.25, -0.2) is 0 Å². The molecule has 2 nitrogen and oxygen atoms in total. The van der Waals surface area contributed by atoms with Gasteiger partial charge in [-0.1, -0.05) is 242 Å². The van der Waals surface area contributed by atoms with Gasteiger partial charge in [0.15, 0.2) is 0 Å². The summed E-state index contributed by atoms with van der Waals surface area (Å²) in [6.07, 6.45) is 0. The van der Waals surface area contributed by atoms with E-state index in [-0.39, 0.29) is 25.3 Å². The Kier molecular flexibility index (Phi) is 11.8. The summed E-state index contributed by atoms with van der Waals surface area (Å²) in [4.78, 5) is 5.30. The quantitative estimate of drug-likeness (QED) is 0.111. The first kappa shape index (κ1) is 49.7. The fourth-order valence-corrected chi connectivity index (χ4v) is 15.2. The van der Waals surface area contributed by atoms with E-state index < -0.39 is 0 Å². The molecule has 0 aliphatic carbocycles. The third-order valence-electron chi connectivity index (χ3n) is 18.0. The molecule has 2 aliphatic rings. The Labute approximate surface area is 473 Å². The van der Waals surface area contributed by atoms with Crippen LogP contribution in [0.15, 0.2) is 206 Å². The molecule has 12 aromatic rings. The molecule has 80 heavy (non-hydrogen) atoms. The minimum absolute atomic E-state index is 0.000659. The van der Waals surface area contributed by atoms with Gasteiger partial charge in [0, 0.05) is 44.9 Å². The summed E-state index contributed by atoms with van der Waals surface area (Å²) >= 11 is 0. The summed E-state index contributed by atoms with van der Waals surface area (Å²) in [6.45, 7) is 23.6. The lowest BCUT2D eigenvalue weighted by Crippen LogP contribution is -2.60. The number of benzene rings is 12. The van der Waals surface area contributed by atoms with E-state index in [0.717, 1.165) is 11.4 Å². The van der Waals surface area contributed by atoms with Crippen molar-refractivity contribution in [2.75, 3.05) is 9.80 Å². The molecule has 0 saturated carbocycles. The van der Waals surface area contributed by atoms with Crippen LogP contribution in [-0.4, -0.2) is 13.4 Å². The number of hydrogen-bond acceptors (Lipinski definition) is 2. The van der Waals surface area contributed by atoms with Crippen molar-refractivity contribution in [2.24, 2.45) is 0 Å². The van der Waals surface area contributed by atoms with Crippen molar-refractivity contribution in [2.45, 2.75) is 81.1 Å². The van der Waals surface area contributed by atoms with Gasteiger partial charge in [0.05, 0.1) is 0 Å². The Morgan fingerprint density at radius 1 is 0.312 bits per heavy atom. The monoisotopic (exact) mass is 1030 g/mol. The maximum atomic E-state index is 2.65. The molecule has 4 heteroatoms. The van der Waals surface area contributed by atoms with E-state index in [1.165, 1.54) is 155 Å². The molecule has 386 valence electrons. The highest BCUT2D eigenvalue weighted by molar-refractivity contribution is 7.00. The summed E-state index contributed by atoms with van der Waals surface area (Å²) in [6, 6.07) is 78.7. The molecule has 0 bridgehead atoms. The summed E-state index contributed by atoms with van der Waals surface area (Å²) in [5, 5.41) is 7.97. The van der Waals surface area contributed by atoms with Gasteiger partial charge in [0.25, 0.3) is 0 Å². The van der Waals surface area contributed by atoms with Crippen LogP contribution in [0.25, 0.3) is 54.6 Å². The van der Waals surface area contributed by atoms with Gasteiger partial charge in [0.2, 0.25) is 13.4 Å². The van der Waals surface area contributed by atoms with Crippen LogP contribution in [0.5, 0.6) is 0 Å². The van der Waals surface area contributed by atoms with E-state index in [1.54, 1.807) is 0 Å². The lowest BCUT2D eigenvalue weighted by atomic mass is 9.32. The average molecular weight is 1030 g/mol. The summed E-state index contributed by atoms with van der Waals surface area (Å²) in [5.74, 6) is 0.396. The SMILES string of the molecule is Cc1cc(C)c(B2c3ccccc3N(c3cccc(-c4ccccc4)c3)c3c2c(C(C)C)c2ccc4c5c(c(C(C)C)c6ccc3c2c64)B(c2c(C)cc(C)cc2C)c2ccccc2N5c2cccc(-c3ccccc3)c2)c(C)c1. The summed E-state index contributed by atoms with van der Waals surface area (Å²) in [5.41, 5.74) is 31.3. The fraction of sp³-hybridized carbons (Fsp3) is 0.158. The maximum Gasteiger partial charge on any atom is 0.247 e. The molecule has 0 radical (unpaired) electrons. The predicted molar refractivity (Wildman–Crippen MR) is 349 cm³/mol. The first-order chi connectivity index (χ1) is 38.9. The first-order valence-corrected chi connectivity index (χ1v) is 29.0. The molecule has 2 heterocycles. The number of hydrogen-bond donors (Lipinski definition) is 0. The lowest BCUT2D eigenvalue weighted by molar-refractivity contribution is 0.881. The van der Waals surface area contributed by atoms with Gasteiger partial charge < -0.3 is 9.80 Å². The number of anilines is 6. The minimum Gasteiger partial charge on any atom is -0.311 e. The van der Waals surface area contributed by atoms with E-state index in [9.17, 15) is 0 Å². The Balaban J connectivity index is 1.17. The molecule has 0 fully saturated rings. The zero-order valence-electron chi connectivity index (χ0n) is 47.8. The van der Waals surface area contributed by atoms with E-state index in [4.69, 9.17) is 0 Å². The highest BCUT2D eigenvalue weighted by atomic mass is 15.2. The molecular weight excluding hydrogens is 962 g/mol. The van der Waals surface area contributed by atoms with Crippen molar-refractivity contribution in [3.63, 3.8) is 0 Å². The Morgan fingerprint density at radius 3 is 1.02 bits per heavy atom. The van der Waals surface area contributed by atoms with Gasteiger partial charge in [-0.15, -0.1) is 0 Å². The third kappa shape index (κ3) is 7.55. The molecule has 0 saturated heterocycles. The van der Waals surface area contributed by atoms with Crippen LogP contribution in [0.2, 0.25) is 0 Å². The van der Waals surface area contributed by atoms with Crippen LogP contribution >= 0.6 is 0 Å². The summed E-state index contributed by atoms with van der Waals surface area (Å²) in [7, 11) is 0. The molecular formula is C76H66B2N2. The number of para-hydroxylation sites is 2. The van der Waals surface area contributed by atoms with Gasteiger partial charge in [-0.2, -0.15) is 0 Å². The predicted octanol–water partition coefficient (Wildman–Crippen LogP) is 16.6. The van der Waals surface area contributed by atoms with Crippen LogP contribution in [-0.2, 0) is 0 Å². The van der Waals surface area contributed by atoms with Crippen molar-refractivity contribution in [1.82, 2.24) is 0 Å². The van der Waals surface area contributed by atoms with Crippen molar-refractivity contribution in [3.05, 3.63) is 251 Å². The van der Waals surface area contributed by atoms with Crippen molar-refractivity contribution in [1.29, 1.82) is 0 Å². The minimum atomic E-state index is -0.000659. The van der Waals surface area contributed by atoms with E-state index in [1.807, 2.05) is 0 Å².